The van der Waals surface area contributed by atoms with Gasteiger partial charge in [-0.3, -0.25) is 9.59 Å². The molecule has 5 heteroatoms. The molecule has 1 aromatic carbocycles. The van der Waals surface area contributed by atoms with Gasteiger partial charge in [-0.15, -0.1) is 0 Å². The predicted octanol–water partition coefficient (Wildman–Crippen LogP) is 1.97. The first-order valence-electron chi connectivity index (χ1n) is 6.19. The van der Waals surface area contributed by atoms with Gasteiger partial charge in [-0.05, 0) is 38.5 Å². The van der Waals surface area contributed by atoms with Crippen molar-refractivity contribution in [3.63, 3.8) is 0 Å². The van der Waals surface area contributed by atoms with Crippen LogP contribution in [0.2, 0.25) is 5.02 Å². The van der Waals surface area contributed by atoms with Gasteiger partial charge in [0.25, 0.3) is 0 Å². The molecule has 0 aromatic heterocycles. The second kappa shape index (κ2) is 4.85. The molecule has 19 heavy (non-hydrogen) atoms. The summed E-state index contributed by atoms with van der Waals surface area (Å²) in [6, 6.07) is 6.84. The molecular formula is C14H17ClN2O2. The molecule has 1 aliphatic heterocycles. The molecule has 4 nitrogen and oxygen atoms in total. The van der Waals surface area contributed by atoms with Crippen molar-refractivity contribution >= 4 is 23.4 Å². The minimum absolute atomic E-state index is 0.0837. The van der Waals surface area contributed by atoms with Crippen molar-refractivity contribution in [1.82, 2.24) is 10.2 Å². The van der Waals surface area contributed by atoms with E-state index in [0.717, 1.165) is 5.56 Å². The molecular weight excluding hydrogens is 264 g/mol. The zero-order valence-corrected chi connectivity index (χ0v) is 12.0. The normalized spacial score (nSPS) is 22.3. The fourth-order valence-corrected chi connectivity index (χ4v) is 2.40. The van der Waals surface area contributed by atoms with Crippen molar-refractivity contribution in [2.24, 2.45) is 0 Å². The third kappa shape index (κ3) is 2.73. The highest BCUT2D eigenvalue weighted by molar-refractivity contribution is 6.30. The van der Waals surface area contributed by atoms with E-state index in [1.54, 1.807) is 37.8 Å². The maximum absolute atomic E-state index is 12.4. The third-order valence-corrected chi connectivity index (χ3v) is 3.56. The maximum atomic E-state index is 12.4. The quantitative estimate of drug-likeness (QED) is 0.900. The van der Waals surface area contributed by atoms with Crippen molar-refractivity contribution in [3.05, 3.63) is 34.9 Å². The number of amides is 2. The lowest BCUT2D eigenvalue weighted by atomic mass is 9.97. The van der Waals surface area contributed by atoms with Gasteiger partial charge in [-0.2, -0.15) is 0 Å². The standard InChI is InChI=1S/C14H17ClN2O2/c1-9-12(18)16-14(2,3)13(19)17(9)8-10-5-4-6-11(15)7-10/h4-7,9H,8H2,1-3H3,(H,16,18). The highest BCUT2D eigenvalue weighted by Crippen LogP contribution is 2.21. The van der Waals surface area contributed by atoms with E-state index in [-0.39, 0.29) is 11.8 Å². The molecule has 0 saturated carbocycles. The highest BCUT2D eigenvalue weighted by atomic mass is 35.5. The number of halogens is 1. The molecule has 1 aliphatic rings. The van der Waals surface area contributed by atoms with Crippen LogP contribution < -0.4 is 5.32 Å². The van der Waals surface area contributed by atoms with Crippen molar-refractivity contribution in [3.8, 4) is 0 Å². The second-order valence-corrected chi connectivity index (χ2v) is 5.79. The summed E-state index contributed by atoms with van der Waals surface area (Å²) in [5, 5.41) is 3.35. The van der Waals surface area contributed by atoms with Gasteiger partial charge < -0.3 is 10.2 Å². The summed E-state index contributed by atoms with van der Waals surface area (Å²) in [5.41, 5.74) is 0.0560. The first kappa shape index (κ1) is 13.9. The van der Waals surface area contributed by atoms with Gasteiger partial charge in [0.2, 0.25) is 11.8 Å². The van der Waals surface area contributed by atoms with Crippen LogP contribution in [0.1, 0.15) is 26.3 Å². The Morgan fingerprint density at radius 3 is 2.68 bits per heavy atom. The molecule has 1 atom stereocenters. The molecule has 2 amide bonds. The Bertz CT molecular complexity index is 528. The zero-order chi connectivity index (χ0) is 14.2. The van der Waals surface area contributed by atoms with Crippen molar-refractivity contribution in [2.75, 3.05) is 0 Å². The van der Waals surface area contributed by atoms with Gasteiger partial charge in [-0.25, -0.2) is 0 Å². The van der Waals surface area contributed by atoms with E-state index in [2.05, 4.69) is 5.32 Å². The number of piperazine rings is 1. The average Bonchev–Trinajstić information content (AvgIpc) is 2.32. The Balaban J connectivity index is 2.26. The molecule has 0 aliphatic carbocycles. The van der Waals surface area contributed by atoms with Gasteiger partial charge in [0.1, 0.15) is 11.6 Å². The molecule has 0 spiro atoms. The molecule has 1 unspecified atom stereocenters. The van der Waals surface area contributed by atoms with Crippen LogP contribution in [0.4, 0.5) is 0 Å². The van der Waals surface area contributed by atoms with Gasteiger partial charge >= 0.3 is 0 Å². The second-order valence-electron chi connectivity index (χ2n) is 5.35. The molecule has 1 N–H and O–H groups in total. The Labute approximate surface area is 117 Å². The molecule has 0 bridgehead atoms. The van der Waals surface area contributed by atoms with Crippen LogP contribution in [0.5, 0.6) is 0 Å². The number of rotatable bonds is 2. The van der Waals surface area contributed by atoms with Crippen LogP contribution in [0.3, 0.4) is 0 Å². The predicted molar refractivity (Wildman–Crippen MR) is 73.7 cm³/mol. The summed E-state index contributed by atoms with van der Waals surface area (Å²) in [6.07, 6.45) is 0. The van der Waals surface area contributed by atoms with Crippen LogP contribution >= 0.6 is 11.6 Å². The maximum Gasteiger partial charge on any atom is 0.248 e. The summed E-state index contributed by atoms with van der Waals surface area (Å²) in [6.45, 7) is 5.54. The number of nitrogens with one attached hydrogen (secondary N) is 1. The van der Waals surface area contributed by atoms with E-state index in [1.165, 1.54) is 0 Å². The van der Waals surface area contributed by atoms with Crippen LogP contribution in [0.25, 0.3) is 0 Å². The van der Waals surface area contributed by atoms with E-state index in [0.29, 0.717) is 11.6 Å². The van der Waals surface area contributed by atoms with Gasteiger partial charge in [0.05, 0.1) is 0 Å². The number of benzene rings is 1. The summed E-state index contributed by atoms with van der Waals surface area (Å²) >= 11 is 5.94. The topological polar surface area (TPSA) is 49.4 Å². The van der Waals surface area contributed by atoms with Gasteiger partial charge in [0.15, 0.2) is 0 Å². The first-order valence-corrected chi connectivity index (χ1v) is 6.56. The number of hydrogen-bond acceptors (Lipinski definition) is 2. The summed E-state index contributed by atoms with van der Waals surface area (Å²) < 4.78 is 0. The fraction of sp³-hybridized carbons (Fsp3) is 0.429. The number of carbonyl (C=O) groups is 2. The lowest BCUT2D eigenvalue weighted by Gasteiger charge is -2.41. The smallest absolute Gasteiger partial charge is 0.248 e. The lowest BCUT2D eigenvalue weighted by molar-refractivity contribution is -0.153. The van der Waals surface area contributed by atoms with Crippen LogP contribution in [-0.2, 0) is 16.1 Å². The molecule has 1 saturated heterocycles. The molecule has 2 rings (SSSR count). The minimum Gasteiger partial charge on any atom is -0.340 e. The molecule has 1 aromatic rings. The third-order valence-electron chi connectivity index (χ3n) is 3.32. The van der Waals surface area contributed by atoms with Gasteiger partial charge in [0, 0.05) is 11.6 Å². The minimum atomic E-state index is -0.859. The number of nitrogens with zero attached hydrogens (tertiary/aromatic N) is 1. The first-order chi connectivity index (χ1) is 8.81. The van der Waals surface area contributed by atoms with Gasteiger partial charge in [-0.1, -0.05) is 23.7 Å². The van der Waals surface area contributed by atoms with Crippen LogP contribution in [-0.4, -0.2) is 28.3 Å². The Morgan fingerprint density at radius 2 is 2.05 bits per heavy atom. The molecule has 1 heterocycles. The van der Waals surface area contributed by atoms with Crippen LogP contribution in [0, 0.1) is 0 Å². The van der Waals surface area contributed by atoms with Crippen molar-refractivity contribution in [2.45, 2.75) is 38.9 Å². The summed E-state index contributed by atoms with van der Waals surface area (Å²) in [7, 11) is 0. The SMILES string of the molecule is CC1C(=O)NC(C)(C)C(=O)N1Cc1cccc(Cl)c1. The molecule has 0 radical (unpaired) electrons. The van der Waals surface area contributed by atoms with Crippen molar-refractivity contribution < 1.29 is 9.59 Å². The van der Waals surface area contributed by atoms with E-state index in [9.17, 15) is 9.59 Å². The lowest BCUT2D eigenvalue weighted by Crippen LogP contribution is -2.66. The van der Waals surface area contributed by atoms with E-state index in [4.69, 9.17) is 11.6 Å². The fourth-order valence-electron chi connectivity index (χ4n) is 2.18. The molecule has 1 fully saturated rings. The monoisotopic (exact) mass is 280 g/mol. The number of carbonyl (C=O) groups excluding carboxylic acids is 2. The van der Waals surface area contributed by atoms with Crippen molar-refractivity contribution in [1.29, 1.82) is 0 Å². The highest BCUT2D eigenvalue weighted by Gasteiger charge is 2.43. The van der Waals surface area contributed by atoms with Crippen LogP contribution in [0.15, 0.2) is 24.3 Å². The largest absolute Gasteiger partial charge is 0.340 e. The Hall–Kier alpha value is -1.55. The number of hydrogen-bond donors (Lipinski definition) is 1. The molecule has 102 valence electrons. The average molecular weight is 281 g/mol. The van der Waals surface area contributed by atoms with E-state index >= 15 is 0 Å². The zero-order valence-electron chi connectivity index (χ0n) is 11.2. The Kier molecular flexibility index (Phi) is 3.54. The van der Waals surface area contributed by atoms with E-state index < -0.39 is 11.6 Å². The summed E-state index contributed by atoms with van der Waals surface area (Å²) in [5.74, 6) is -0.216. The summed E-state index contributed by atoms with van der Waals surface area (Å²) in [4.78, 5) is 25.9. The Morgan fingerprint density at radius 1 is 1.37 bits per heavy atom. The van der Waals surface area contributed by atoms with E-state index in [1.807, 2.05) is 12.1 Å².